The van der Waals surface area contributed by atoms with Gasteiger partial charge in [-0.1, -0.05) is 54.5 Å². The molecule has 5 aliphatic carbocycles. The second-order valence-corrected chi connectivity index (χ2v) is 18.2. The molecule has 10 heteroatoms. The molecule has 51 heavy (non-hydrogen) atoms. The zero-order valence-corrected chi connectivity index (χ0v) is 30.6. The summed E-state index contributed by atoms with van der Waals surface area (Å²) in [5.74, 6) is -0.239. The number of fused-ring (bicyclic) bond motifs is 7. The number of aromatic nitrogens is 3. The number of allylic oxidation sites excluding steroid dienone is 4. The number of halogens is 3. The first-order valence-corrected chi connectivity index (χ1v) is 18.2. The van der Waals surface area contributed by atoms with Gasteiger partial charge in [-0.05, 0) is 109 Å². The van der Waals surface area contributed by atoms with E-state index in [1.54, 1.807) is 6.20 Å². The zero-order valence-electron chi connectivity index (χ0n) is 30.6. The molecular formula is C41H47F3N4O3. The van der Waals surface area contributed by atoms with Gasteiger partial charge < -0.3 is 0 Å². The molecule has 3 saturated carbocycles. The lowest BCUT2D eigenvalue weighted by Gasteiger charge is -2.70. The van der Waals surface area contributed by atoms with E-state index < -0.39 is 33.5 Å². The van der Waals surface area contributed by atoms with Crippen LogP contribution in [-0.2, 0) is 15.8 Å². The number of carbonyl (C=O) groups is 3. The number of imidazole rings is 1. The maximum Gasteiger partial charge on any atom is 0.433 e. The van der Waals surface area contributed by atoms with Crippen LogP contribution in [0.1, 0.15) is 110 Å². The first kappa shape index (κ1) is 35.5. The van der Waals surface area contributed by atoms with Crippen LogP contribution in [0.4, 0.5) is 13.2 Å². The van der Waals surface area contributed by atoms with E-state index in [2.05, 4.69) is 50.7 Å². The van der Waals surface area contributed by atoms with Crippen molar-refractivity contribution >= 4 is 18.0 Å². The summed E-state index contributed by atoms with van der Waals surface area (Å²) in [5.41, 5.74) is -1.02. The lowest BCUT2D eigenvalue weighted by atomic mass is 9.33. The number of nitriles is 1. The summed E-state index contributed by atoms with van der Waals surface area (Å²) in [7, 11) is 0. The minimum atomic E-state index is -4.55. The Morgan fingerprint density at radius 3 is 2.33 bits per heavy atom. The summed E-state index contributed by atoms with van der Waals surface area (Å²) in [5, 5.41) is 10.1. The number of pyridine rings is 1. The van der Waals surface area contributed by atoms with Crippen LogP contribution < -0.4 is 0 Å². The van der Waals surface area contributed by atoms with Crippen LogP contribution >= 0.6 is 0 Å². The van der Waals surface area contributed by atoms with Crippen molar-refractivity contribution in [2.24, 2.45) is 50.2 Å². The smallest absolute Gasteiger partial charge is 0.298 e. The molecule has 0 N–H and O–H groups in total. The summed E-state index contributed by atoms with van der Waals surface area (Å²) in [4.78, 5) is 49.7. The van der Waals surface area contributed by atoms with Crippen molar-refractivity contribution in [2.75, 3.05) is 0 Å². The van der Waals surface area contributed by atoms with Gasteiger partial charge in [-0.15, -0.1) is 0 Å². The summed E-state index contributed by atoms with van der Waals surface area (Å²) >= 11 is 0. The van der Waals surface area contributed by atoms with E-state index >= 15 is 0 Å². The fourth-order valence-corrected chi connectivity index (χ4v) is 12.1. The molecule has 0 saturated heterocycles. The SMILES string of the molecule is CC1(C)CC[C@]2(C(=O)n3cnc(-c4ccc(C(F)(F)F)nc4)c3)CC[C@]3(C)[C@H](CC(C=O)=C4[C@@]5(C)C=C(C#N)C(=O)C(C)(C)C5CC[C@]43C)C2C1. The van der Waals surface area contributed by atoms with Crippen LogP contribution in [0, 0.1) is 61.6 Å². The number of nitrogens with zero attached hydrogens (tertiary/aromatic N) is 4. The number of rotatable bonds is 3. The van der Waals surface area contributed by atoms with E-state index in [9.17, 15) is 32.8 Å². The highest BCUT2D eigenvalue weighted by atomic mass is 19.4. The number of hydrogen-bond donors (Lipinski definition) is 0. The number of Topliss-reactive ketones (excluding diaryl/α,β-unsaturated/α-hetero) is 1. The molecule has 0 aromatic carbocycles. The maximum absolute atomic E-state index is 14.9. The number of ketones is 1. The van der Waals surface area contributed by atoms with Crippen molar-refractivity contribution in [3.63, 3.8) is 0 Å². The van der Waals surface area contributed by atoms with Crippen LogP contribution in [0.5, 0.6) is 0 Å². The van der Waals surface area contributed by atoms with E-state index in [-0.39, 0.29) is 45.8 Å². The van der Waals surface area contributed by atoms with Crippen LogP contribution in [0.25, 0.3) is 11.3 Å². The van der Waals surface area contributed by atoms with Gasteiger partial charge in [0, 0.05) is 28.8 Å². The fourth-order valence-electron chi connectivity index (χ4n) is 12.1. The molecule has 2 aromatic heterocycles. The van der Waals surface area contributed by atoms with E-state index in [1.807, 2.05) is 19.9 Å². The molecule has 270 valence electrons. The quantitative estimate of drug-likeness (QED) is 0.296. The predicted molar refractivity (Wildman–Crippen MR) is 185 cm³/mol. The van der Waals surface area contributed by atoms with Gasteiger partial charge in [0.25, 0.3) is 0 Å². The van der Waals surface area contributed by atoms with Crippen molar-refractivity contribution in [1.29, 1.82) is 5.26 Å². The number of alkyl halides is 3. The summed E-state index contributed by atoms with van der Waals surface area (Å²) in [6, 6.07) is 4.42. The van der Waals surface area contributed by atoms with Gasteiger partial charge >= 0.3 is 6.18 Å². The zero-order chi connectivity index (χ0) is 37.2. The monoisotopic (exact) mass is 700 g/mol. The van der Waals surface area contributed by atoms with E-state index in [4.69, 9.17) is 0 Å². The van der Waals surface area contributed by atoms with Crippen molar-refractivity contribution in [1.82, 2.24) is 14.5 Å². The van der Waals surface area contributed by atoms with Crippen LogP contribution in [0.2, 0.25) is 0 Å². The first-order chi connectivity index (χ1) is 23.7. The van der Waals surface area contributed by atoms with Gasteiger partial charge in [-0.2, -0.15) is 18.4 Å². The van der Waals surface area contributed by atoms with Crippen molar-refractivity contribution in [3.05, 3.63) is 59.3 Å². The molecule has 7 rings (SSSR count). The Balaban J connectivity index is 1.31. The Bertz CT molecular complexity index is 1950. The summed E-state index contributed by atoms with van der Waals surface area (Å²) < 4.78 is 41.0. The third-order valence-corrected chi connectivity index (χ3v) is 14.9. The van der Waals surface area contributed by atoms with Crippen molar-refractivity contribution in [3.8, 4) is 17.3 Å². The minimum Gasteiger partial charge on any atom is -0.298 e. The molecule has 2 heterocycles. The van der Waals surface area contributed by atoms with Crippen LogP contribution in [0.3, 0.4) is 0 Å². The van der Waals surface area contributed by atoms with Crippen LogP contribution in [-0.4, -0.2) is 32.5 Å². The molecule has 2 unspecified atom stereocenters. The highest BCUT2D eigenvalue weighted by molar-refractivity contribution is 6.04. The molecule has 3 fully saturated rings. The minimum absolute atomic E-state index is 0.0211. The molecular weight excluding hydrogens is 653 g/mol. The topological polar surface area (TPSA) is 106 Å². The second-order valence-electron chi connectivity index (χ2n) is 18.2. The third-order valence-electron chi connectivity index (χ3n) is 14.9. The molecule has 0 amide bonds. The third kappa shape index (κ3) is 4.85. The number of aldehydes is 1. The average Bonchev–Trinajstić information content (AvgIpc) is 3.56. The number of hydrogen-bond acceptors (Lipinski definition) is 6. The van der Waals surface area contributed by atoms with Crippen molar-refractivity contribution in [2.45, 2.75) is 106 Å². The van der Waals surface area contributed by atoms with Gasteiger partial charge in [0.15, 0.2) is 5.78 Å². The van der Waals surface area contributed by atoms with E-state index in [1.165, 1.54) is 17.0 Å². The summed E-state index contributed by atoms with van der Waals surface area (Å²) in [6.45, 7) is 15.2. The van der Waals surface area contributed by atoms with Gasteiger partial charge in [-0.25, -0.2) is 4.98 Å². The molecule has 7 nitrogen and oxygen atoms in total. The molecule has 0 bridgehead atoms. The lowest BCUT2D eigenvalue weighted by molar-refractivity contribution is -0.153. The Morgan fingerprint density at radius 2 is 1.71 bits per heavy atom. The standard InChI is InChI=1S/C41H47F3N4O3/c1-35(2)12-14-40(34(51)48-21-29(47-23-48)24-8-9-31(46-20-24)41(42,43)44)15-13-38(6)27(28(40)18-35)16-25(22-49)32-37(5)17-26(19-45)33(50)36(3,4)30(37)10-11-39(32,38)7/h8-9,17,20-23,27-28,30H,10-16,18H2,1-7H3/t27-,28?,30?,37+,38-,39-,40+/m1/s1. The average molecular weight is 701 g/mol. The maximum atomic E-state index is 14.9. The molecule has 5 aliphatic rings. The van der Waals surface area contributed by atoms with Gasteiger partial charge in [0.2, 0.25) is 5.91 Å². The Morgan fingerprint density at radius 1 is 1.00 bits per heavy atom. The van der Waals surface area contributed by atoms with Gasteiger partial charge in [0.05, 0.1) is 16.7 Å². The fraction of sp³-hybridized carbons (Fsp3) is 0.610. The van der Waals surface area contributed by atoms with Gasteiger partial charge in [0.1, 0.15) is 24.4 Å². The van der Waals surface area contributed by atoms with E-state index in [0.29, 0.717) is 30.5 Å². The largest absolute Gasteiger partial charge is 0.433 e. The van der Waals surface area contributed by atoms with Crippen LogP contribution in [0.15, 0.2) is 53.6 Å². The normalized spacial score (nSPS) is 36.8. The highest BCUT2D eigenvalue weighted by Crippen LogP contribution is 2.76. The summed E-state index contributed by atoms with van der Waals surface area (Å²) in [6.07, 6.45) is 8.48. The second kappa shape index (κ2) is 11.1. The molecule has 0 spiro atoms. The Kier molecular flexibility index (Phi) is 7.71. The number of carbonyl (C=O) groups excluding carboxylic acids is 3. The van der Waals surface area contributed by atoms with Gasteiger partial charge in [-0.3, -0.25) is 23.9 Å². The molecule has 7 atom stereocenters. The lowest BCUT2D eigenvalue weighted by Crippen LogP contribution is -2.64. The van der Waals surface area contributed by atoms with Crippen molar-refractivity contribution < 1.29 is 27.6 Å². The Hall–Kier alpha value is -3.87. The highest BCUT2D eigenvalue weighted by Gasteiger charge is 2.70. The van der Waals surface area contributed by atoms with E-state index in [0.717, 1.165) is 61.8 Å². The predicted octanol–water partition coefficient (Wildman–Crippen LogP) is 9.21. The molecule has 2 aromatic rings. The molecule has 0 aliphatic heterocycles. The molecule has 0 radical (unpaired) electrons. The first-order valence-electron chi connectivity index (χ1n) is 18.2. The Labute approximate surface area is 297 Å².